The molecule has 0 aliphatic carbocycles. The van der Waals surface area contributed by atoms with E-state index in [-0.39, 0.29) is 11.7 Å². The molecule has 118 valence electrons. The molecule has 1 heterocycles. The number of hydrogen-bond donors (Lipinski definition) is 1. The molecular formula is C16H23F3N2. The molecule has 1 fully saturated rings. The molecular weight excluding hydrogens is 277 g/mol. The lowest BCUT2D eigenvalue weighted by molar-refractivity contribution is 0.165. The molecule has 2 nitrogen and oxygen atoms in total. The third kappa shape index (κ3) is 3.90. The fourth-order valence-corrected chi connectivity index (χ4v) is 3.02. The number of hydrogen-bond acceptors (Lipinski definition) is 2. The third-order valence-electron chi connectivity index (χ3n) is 4.21. The largest absolute Gasteiger partial charge is 0.380 e. The molecule has 2 unspecified atom stereocenters. The van der Waals surface area contributed by atoms with Gasteiger partial charge in [-0.25, -0.2) is 13.2 Å². The molecule has 1 N–H and O–H groups in total. The maximum Gasteiger partial charge on any atom is 0.196 e. The first-order chi connectivity index (χ1) is 10.0. The van der Waals surface area contributed by atoms with Crippen LogP contribution in [0.4, 0.5) is 18.9 Å². The van der Waals surface area contributed by atoms with E-state index >= 15 is 0 Å². The molecule has 2 atom stereocenters. The minimum Gasteiger partial charge on any atom is -0.380 e. The number of benzene rings is 1. The summed E-state index contributed by atoms with van der Waals surface area (Å²) in [4.78, 5) is 2.41. The minimum atomic E-state index is -1.41. The SMILES string of the molecule is CCCN1CCCC(C(C)Nc2ccc(F)c(F)c2F)C1. The van der Waals surface area contributed by atoms with Crippen molar-refractivity contribution in [3.63, 3.8) is 0 Å². The normalized spacial score (nSPS) is 21.3. The van der Waals surface area contributed by atoms with Crippen LogP contribution in [-0.4, -0.2) is 30.6 Å². The standard InChI is InChI=1S/C16H23F3N2/c1-3-8-21-9-4-5-12(10-21)11(2)20-14-7-6-13(17)15(18)16(14)19/h6-7,11-12,20H,3-5,8-10H2,1-2H3. The van der Waals surface area contributed by atoms with E-state index in [0.29, 0.717) is 5.92 Å². The highest BCUT2D eigenvalue weighted by Gasteiger charge is 2.25. The Morgan fingerprint density at radius 2 is 2.05 bits per heavy atom. The van der Waals surface area contributed by atoms with Gasteiger partial charge in [0.05, 0.1) is 5.69 Å². The summed E-state index contributed by atoms with van der Waals surface area (Å²) in [6, 6.07) is 2.23. The first kappa shape index (κ1) is 16.1. The van der Waals surface area contributed by atoms with Gasteiger partial charge in [0.15, 0.2) is 17.5 Å². The molecule has 2 rings (SSSR count). The number of anilines is 1. The van der Waals surface area contributed by atoms with Crippen LogP contribution in [0, 0.1) is 23.4 Å². The quantitative estimate of drug-likeness (QED) is 0.826. The number of halogens is 3. The Hall–Kier alpha value is -1.23. The zero-order valence-electron chi connectivity index (χ0n) is 12.6. The highest BCUT2D eigenvalue weighted by atomic mass is 19.2. The zero-order valence-corrected chi connectivity index (χ0v) is 12.6. The van der Waals surface area contributed by atoms with Gasteiger partial charge in [-0.2, -0.15) is 0 Å². The van der Waals surface area contributed by atoms with Crippen LogP contribution in [0.3, 0.4) is 0 Å². The van der Waals surface area contributed by atoms with Crippen LogP contribution in [0.25, 0.3) is 0 Å². The van der Waals surface area contributed by atoms with Gasteiger partial charge in [0.2, 0.25) is 0 Å². The Bertz CT molecular complexity index is 477. The van der Waals surface area contributed by atoms with E-state index in [1.165, 1.54) is 6.07 Å². The van der Waals surface area contributed by atoms with Crippen LogP contribution in [0.1, 0.15) is 33.1 Å². The molecule has 1 aliphatic heterocycles. The van der Waals surface area contributed by atoms with Crippen molar-refractivity contribution < 1.29 is 13.2 Å². The minimum absolute atomic E-state index is 0.0176. The topological polar surface area (TPSA) is 15.3 Å². The van der Waals surface area contributed by atoms with Crippen molar-refractivity contribution in [2.75, 3.05) is 25.0 Å². The van der Waals surface area contributed by atoms with Crippen molar-refractivity contribution in [2.24, 2.45) is 5.92 Å². The fourth-order valence-electron chi connectivity index (χ4n) is 3.02. The van der Waals surface area contributed by atoms with Crippen molar-refractivity contribution in [1.29, 1.82) is 0 Å². The number of nitrogens with zero attached hydrogens (tertiary/aromatic N) is 1. The lowest BCUT2D eigenvalue weighted by Gasteiger charge is -2.36. The fraction of sp³-hybridized carbons (Fsp3) is 0.625. The summed E-state index contributed by atoms with van der Waals surface area (Å²) < 4.78 is 39.9. The van der Waals surface area contributed by atoms with E-state index in [1.807, 2.05) is 6.92 Å². The predicted octanol–water partition coefficient (Wildman–Crippen LogP) is 4.03. The molecule has 0 radical (unpaired) electrons. The maximum atomic E-state index is 13.7. The van der Waals surface area contributed by atoms with E-state index in [0.717, 1.165) is 45.0 Å². The number of likely N-dealkylation sites (tertiary alicyclic amines) is 1. The molecule has 0 spiro atoms. The van der Waals surface area contributed by atoms with Gasteiger partial charge in [0.25, 0.3) is 0 Å². The van der Waals surface area contributed by atoms with E-state index in [9.17, 15) is 13.2 Å². The molecule has 0 bridgehead atoms. The van der Waals surface area contributed by atoms with Gasteiger partial charge in [0, 0.05) is 12.6 Å². The summed E-state index contributed by atoms with van der Waals surface area (Å²) in [5, 5.41) is 3.00. The summed E-state index contributed by atoms with van der Waals surface area (Å²) in [5.74, 6) is -3.32. The van der Waals surface area contributed by atoms with Crippen molar-refractivity contribution in [1.82, 2.24) is 4.90 Å². The Kier molecular flexibility index (Phi) is 5.51. The van der Waals surface area contributed by atoms with Gasteiger partial charge in [-0.1, -0.05) is 6.92 Å². The number of rotatable bonds is 5. The van der Waals surface area contributed by atoms with E-state index in [4.69, 9.17) is 0 Å². The monoisotopic (exact) mass is 300 g/mol. The van der Waals surface area contributed by atoms with Crippen LogP contribution in [0.15, 0.2) is 12.1 Å². The number of nitrogens with one attached hydrogen (secondary N) is 1. The van der Waals surface area contributed by atoms with Gasteiger partial charge < -0.3 is 10.2 Å². The molecule has 1 saturated heterocycles. The Morgan fingerprint density at radius 1 is 1.29 bits per heavy atom. The van der Waals surface area contributed by atoms with E-state index < -0.39 is 17.5 Å². The highest BCUT2D eigenvalue weighted by Crippen LogP contribution is 2.25. The molecule has 0 aromatic heterocycles. The summed E-state index contributed by atoms with van der Waals surface area (Å²) in [7, 11) is 0. The second kappa shape index (κ2) is 7.16. The van der Waals surface area contributed by atoms with E-state index in [2.05, 4.69) is 17.1 Å². The molecule has 21 heavy (non-hydrogen) atoms. The highest BCUT2D eigenvalue weighted by molar-refractivity contribution is 5.46. The van der Waals surface area contributed by atoms with Gasteiger partial charge in [-0.3, -0.25) is 0 Å². The summed E-state index contributed by atoms with van der Waals surface area (Å²) in [5.41, 5.74) is 0.0361. The van der Waals surface area contributed by atoms with Gasteiger partial charge in [-0.05, 0) is 57.3 Å². The molecule has 1 aromatic carbocycles. The summed E-state index contributed by atoms with van der Waals surface area (Å²) >= 11 is 0. The first-order valence-electron chi connectivity index (χ1n) is 7.65. The lowest BCUT2D eigenvalue weighted by atomic mass is 9.91. The van der Waals surface area contributed by atoms with Gasteiger partial charge >= 0.3 is 0 Å². The molecule has 0 amide bonds. The van der Waals surface area contributed by atoms with Crippen LogP contribution in [0.5, 0.6) is 0 Å². The third-order valence-corrected chi connectivity index (χ3v) is 4.21. The van der Waals surface area contributed by atoms with Crippen molar-refractivity contribution >= 4 is 5.69 Å². The Labute approximate surface area is 124 Å². The maximum absolute atomic E-state index is 13.7. The first-order valence-corrected chi connectivity index (χ1v) is 7.65. The summed E-state index contributed by atoms with van der Waals surface area (Å²) in [6.45, 7) is 7.27. The predicted molar refractivity (Wildman–Crippen MR) is 78.9 cm³/mol. The Morgan fingerprint density at radius 3 is 2.76 bits per heavy atom. The average molecular weight is 300 g/mol. The van der Waals surface area contributed by atoms with Crippen LogP contribution in [0.2, 0.25) is 0 Å². The zero-order chi connectivity index (χ0) is 15.4. The number of piperidine rings is 1. The van der Waals surface area contributed by atoms with Crippen molar-refractivity contribution in [3.8, 4) is 0 Å². The van der Waals surface area contributed by atoms with Crippen LogP contribution >= 0.6 is 0 Å². The molecule has 0 saturated carbocycles. The average Bonchev–Trinajstić information content (AvgIpc) is 2.48. The molecule has 1 aromatic rings. The lowest BCUT2D eigenvalue weighted by Crippen LogP contribution is -2.42. The molecule has 1 aliphatic rings. The van der Waals surface area contributed by atoms with Crippen LogP contribution in [-0.2, 0) is 0 Å². The van der Waals surface area contributed by atoms with Gasteiger partial charge in [0.1, 0.15) is 0 Å². The second-order valence-corrected chi connectivity index (χ2v) is 5.86. The smallest absolute Gasteiger partial charge is 0.196 e. The second-order valence-electron chi connectivity index (χ2n) is 5.86. The van der Waals surface area contributed by atoms with Crippen molar-refractivity contribution in [3.05, 3.63) is 29.6 Å². The molecule has 5 heteroatoms. The Balaban J connectivity index is 2.01. The van der Waals surface area contributed by atoms with Crippen LogP contribution < -0.4 is 5.32 Å². The van der Waals surface area contributed by atoms with Gasteiger partial charge in [-0.15, -0.1) is 0 Å². The summed E-state index contributed by atoms with van der Waals surface area (Å²) in [6.07, 6.45) is 3.31. The van der Waals surface area contributed by atoms with E-state index in [1.54, 1.807) is 0 Å². The van der Waals surface area contributed by atoms with Crippen molar-refractivity contribution in [2.45, 2.75) is 39.2 Å².